The van der Waals surface area contributed by atoms with E-state index in [9.17, 15) is 4.79 Å². The van der Waals surface area contributed by atoms with Crippen LogP contribution in [0.4, 0.5) is 0 Å². The number of hydrogen-bond donors (Lipinski definition) is 0. The van der Waals surface area contributed by atoms with Gasteiger partial charge in [0.05, 0.1) is 19.2 Å². The summed E-state index contributed by atoms with van der Waals surface area (Å²) in [5.41, 5.74) is 1.73. The van der Waals surface area contributed by atoms with Crippen LogP contribution in [0.3, 0.4) is 0 Å². The Morgan fingerprint density at radius 3 is 3.00 bits per heavy atom. The van der Waals surface area contributed by atoms with Gasteiger partial charge in [-0.2, -0.15) is 0 Å². The molecule has 0 unspecified atom stereocenters. The lowest BCUT2D eigenvalue weighted by molar-refractivity contribution is -0.117. The SMILES string of the molecule is COc1ccccc1CC(=O)Cc1cn2ccsc2n1. The van der Waals surface area contributed by atoms with Crippen molar-refractivity contribution < 1.29 is 9.53 Å². The molecule has 0 aliphatic rings. The van der Waals surface area contributed by atoms with Gasteiger partial charge in [0.2, 0.25) is 0 Å². The molecule has 0 bridgehead atoms. The third kappa shape index (κ3) is 2.58. The van der Waals surface area contributed by atoms with Gasteiger partial charge >= 0.3 is 0 Å². The number of nitrogens with zero attached hydrogens (tertiary/aromatic N) is 2. The van der Waals surface area contributed by atoms with Crippen LogP contribution < -0.4 is 4.74 Å². The van der Waals surface area contributed by atoms with Gasteiger partial charge in [-0.1, -0.05) is 18.2 Å². The quantitative estimate of drug-likeness (QED) is 0.724. The van der Waals surface area contributed by atoms with Crippen LogP contribution >= 0.6 is 11.3 Å². The lowest BCUT2D eigenvalue weighted by atomic mass is 10.1. The van der Waals surface area contributed by atoms with Crippen molar-refractivity contribution in [3.8, 4) is 5.75 Å². The third-order valence-corrected chi connectivity index (χ3v) is 3.87. The number of methoxy groups -OCH3 is 1. The molecule has 0 fully saturated rings. The Morgan fingerprint density at radius 2 is 2.20 bits per heavy atom. The number of thiazole rings is 1. The zero-order chi connectivity index (χ0) is 13.9. The molecule has 3 aromatic rings. The van der Waals surface area contributed by atoms with Gasteiger partial charge in [0.1, 0.15) is 11.5 Å². The van der Waals surface area contributed by atoms with Crippen molar-refractivity contribution in [1.29, 1.82) is 0 Å². The maximum absolute atomic E-state index is 12.1. The largest absolute Gasteiger partial charge is 0.496 e. The van der Waals surface area contributed by atoms with Crippen LogP contribution in [-0.4, -0.2) is 22.3 Å². The molecule has 4 nitrogen and oxygen atoms in total. The molecule has 2 heterocycles. The molecule has 102 valence electrons. The topological polar surface area (TPSA) is 43.6 Å². The second-order valence-electron chi connectivity index (χ2n) is 4.53. The molecule has 20 heavy (non-hydrogen) atoms. The van der Waals surface area contributed by atoms with E-state index >= 15 is 0 Å². The van der Waals surface area contributed by atoms with Crippen molar-refractivity contribution in [2.24, 2.45) is 0 Å². The minimum absolute atomic E-state index is 0.139. The van der Waals surface area contributed by atoms with Crippen LogP contribution in [0.15, 0.2) is 42.0 Å². The molecule has 0 amide bonds. The maximum Gasteiger partial charge on any atom is 0.193 e. The molecule has 0 saturated heterocycles. The first-order chi connectivity index (χ1) is 9.76. The van der Waals surface area contributed by atoms with Gasteiger partial charge in [0.15, 0.2) is 4.96 Å². The number of Topliss-reactive ketones (excluding diaryl/α,β-unsaturated/α-hetero) is 1. The number of ether oxygens (including phenoxy) is 1. The summed E-state index contributed by atoms with van der Waals surface area (Å²) in [6.45, 7) is 0. The summed E-state index contributed by atoms with van der Waals surface area (Å²) in [6, 6.07) is 7.60. The summed E-state index contributed by atoms with van der Waals surface area (Å²) in [4.78, 5) is 17.5. The van der Waals surface area contributed by atoms with Gasteiger partial charge in [0.25, 0.3) is 0 Å². The van der Waals surface area contributed by atoms with E-state index in [1.54, 1.807) is 18.4 Å². The Hall–Kier alpha value is -2.14. The van der Waals surface area contributed by atoms with Gasteiger partial charge in [-0.15, -0.1) is 11.3 Å². The highest BCUT2D eigenvalue weighted by atomic mass is 32.1. The van der Waals surface area contributed by atoms with Crippen LogP contribution in [0.5, 0.6) is 5.75 Å². The normalized spacial score (nSPS) is 10.8. The summed E-state index contributed by atoms with van der Waals surface area (Å²) in [5.74, 6) is 0.895. The molecule has 0 atom stereocenters. The predicted molar refractivity (Wildman–Crippen MR) is 78.5 cm³/mol. The van der Waals surface area contributed by atoms with E-state index < -0.39 is 0 Å². The monoisotopic (exact) mass is 286 g/mol. The average molecular weight is 286 g/mol. The van der Waals surface area contributed by atoms with Crippen molar-refractivity contribution in [3.63, 3.8) is 0 Å². The highest BCUT2D eigenvalue weighted by molar-refractivity contribution is 7.15. The van der Waals surface area contributed by atoms with Crippen molar-refractivity contribution in [2.45, 2.75) is 12.8 Å². The Morgan fingerprint density at radius 1 is 1.35 bits per heavy atom. The fourth-order valence-corrected chi connectivity index (χ4v) is 2.91. The van der Waals surface area contributed by atoms with Crippen molar-refractivity contribution in [2.75, 3.05) is 7.11 Å². The minimum atomic E-state index is 0.139. The van der Waals surface area contributed by atoms with E-state index in [-0.39, 0.29) is 5.78 Å². The third-order valence-electron chi connectivity index (χ3n) is 3.10. The molecule has 0 spiro atoms. The number of fused-ring (bicyclic) bond motifs is 1. The number of imidazole rings is 1. The molecular weight excluding hydrogens is 272 g/mol. The van der Waals surface area contributed by atoms with Crippen LogP contribution in [0.25, 0.3) is 4.96 Å². The standard InChI is InChI=1S/C15H14N2O2S/c1-19-14-5-3-2-4-11(14)8-13(18)9-12-10-17-6-7-20-15(17)16-12/h2-7,10H,8-9H2,1H3. The van der Waals surface area contributed by atoms with E-state index in [2.05, 4.69) is 4.98 Å². The molecule has 2 aromatic heterocycles. The average Bonchev–Trinajstić information content (AvgIpc) is 3.00. The second kappa shape index (κ2) is 5.46. The fraction of sp³-hybridized carbons (Fsp3) is 0.200. The van der Waals surface area contributed by atoms with E-state index in [1.807, 2.05) is 46.4 Å². The molecule has 0 saturated carbocycles. The predicted octanol–water partition coefficient (Wildman–Crippen LogP) is 2.76. The van der Waals surface area contributed by atoms with Crippen molar-refractivity contribution >= 4 is 22.1 Å². The van der Waals surface area contributed by atoms with Crippen LogP contribution in [0.2, 0.25) is 0 Å². The number of para-hydroxylation sites is 1. The number of rotatable bonds is 5. The van der Waals surface area contributed by atoms with Crippen LogP contribution in [0.1, 0.15) is 11.3 Å². The number of benzene rings is 1. The first-order valence-electron chi connectivity index (χ1n) is 6.31. The number of ketones is 1. The van der Waals surface area contributed by atoms with E-state index in [1.165, 1.54) is 0 Å². The molecule has 0 aliphatic carbocycles. The Labute approximate surface area is 120 Å². The second-order valence-corrected chi connectivity index (χ2v) is 5.40. The molecule has 1 aromatic carbocycles. The molecule has 5 heteroatoms. The first kappa shape index (κ1) is 12.9. The summed E-state index contributed by atoms with van der Waals surface area (Å²) in [7, 11) is 1.62. The fourth-order valence-electron chi connectivity index (χ4n) is 2.19. The zero-order valence-electron chi connectivity index (χ0n) is 11.1. The summed E-state index contributed by atoms with van der Waals surface area (Å²) >= 11 is 1.57. The number of carbonyl (C=O) groups is 1. The Balaban J connectivity index is 1.72. The van der Waals surface area contributed by atoms with E-state index in [0.29, 0.717) is 12.8 Å². The highest BCUT2D eigenvalue weighted by Gasteiger charge is 2.11. The molecule has 0 aliphatic heterocycles. The molecule has 0 radical (unpaired) electrons. The smallest absolute Gasteiger partial charge is 0.193 e. The molecule has 3 rings (SSSR count). The Kier molecular flexibility index (Phi) is 3.52. The van der Waals surface area contributed by atoms with Crippen LogP contribution in [-0.2, 0) is 17.6 Å². The van der Waals surface area contributed by atoms with Crippen molar-refractivity contribution in [3.05, 3.63) is 53.3 Å². The van der Waals surface area contributed by atoms with Gasteiger partial charge in [-0.25, -0.2) is 4.98 Å². The van der Waals surface area contributed by atoms with Gasteiger partial charge in [-0.05, 0) is 6.07 Å². The van der Waals surface area contributed by atoms with Gasteiger partial charge in [-0.3, -0.25) is 9.20 Å². The van der Waals surface area contributed by atoms with E-state index in [0.717, 1.165) is 22.0 Å². The Bertz CT molecular complexity index is 717. The minimum Gasteiger partial charge on any atom is -0.496 e. The first-order valence-corrected chi connectivity index (χ1v) is 7.19. The highest BCUT2D eigenvalue weighted by Crippen LogP contribution is 2.19. The van der Waals surface area contributed by atoms with E-state index in [4.69, 9.17) is 4.74 Å². The number of carbonyl (C=O) groups excluding carboxylic acids is 1. The summed E-state index contributed by atoms with van der Waals surface area (Å²) < 4.78 is 7.20. The summed E-state index contributed by atoms with van der Waals surface area (Å²) in [5, 5.41) is 1.97. The number of hydrogen-bond acceptors (Lipinski definition) is 4. The summed E-state index contributed by atoms with van der Waals surface area (Å²) in [6.07, 6.45) is 4.58. The van der Waals surface area contributed by atoms with Gasteiger partial charge < -0.3 is 4.74 Å². The maximum atomic E-state index is 12.1. The lowest BCUT2D eigenvalue weighted by Gasteiger charge is -2.06. The van der Waals surface area contributed by atoms with Crippen molar-refractivity contribution in [1.82, 2.24) is 9.38 Å². The molecule has 0 N–H and O–H groups in total. The lowest BCUT2D eigenvalue weighted by Crippen LogP contribution is -2.07. The number of aromatic nitrogens is 2. The molecular formula is C15H14N2O2S. The zero-order valence-corrected chi connectivity index (χ0v) is 11.9. The van der Waals surface area contributed by atoms with Gasteiger partial charge in [0, 0.05) is 29.8 Å². The van der Waals surface area contributed by atoms with Crippen LogP contribution in [0, 0.1) is 0 Å².